The highest BCUT2D eigenvalue weighted by Gasteiger charge is 2.19. The monoisotopic (exact) mass is 372 g/mol. The SMILES string of the molecule is C=CCOc1ccc(/C=C(\C#N)C(=O)c2c(C)[nH]c3ccccc23)cc1OC. The fourth-order valence-corrected chi connectivity index (χ4v) is 3.06. The van der Waals surface area contributed by atoms with Gasteiger partial charge in [0, 0.05) is 16.6 Å². The van der Waals surface area contributed by atoms with E-state index in [9.17, 15) is 10.1 Å². The van der Waals surface area contributed by atoms with Crippen molar-refractivity contribution in [2.75, 3.05) is 13.7 Å². The predicted molar refractivity (Wildman–Crippen MR) is 110 cm³/mol. The van der Waals surface area contributed by atoms with Crippen LogP contribution in [0.1, 0.15) is 21.6 Å². The van der Waals surface area contributed by atoms with Gasteiger partial charge in [-0.2, -0.15) is 5.26 Å². The Morgan fingerprint density at radius 3 is 2.75 bits per heavy atom. The first kappa shape index (κ1) is 19.0. The third-order valence-electron chi connectivity index (χ3n) is 4.34. The van der Waals surface area contributed by atoms with Crippen molar-refractivity contribution in [3.63, 3.8) is 0 Å². The van der Waals surface area contributed by atoms with Crippen LogP contribution in [0.4, 0.5) is 0 Å². The summed E-state index contributed by atoms with van der Waals surface area (Å²) in [6, 6.07) is 14.8. The molecule has 0 aliphatic rings. The molecule has 28 heavy (non-hydrogen) atoms. The van der Waals surface area contributed by atoms with Crippen LogP contribution >= 0.6 is 0 Å². The number of allylic oxidation sites excluding steroid dienone is 1. The molecule has 3 rings (SSSR count). The number of ketones is 1. The zero-order valence-electron chi connectivity index (χ0n) is 15.8. The molecule has 0 amide bonds. The molecule has 1 N–H and O–H groups in total. The van der Waals surface area contributed by atoms with Gasteiger partial charge < -0.3 is 14.5 Å². The Hall–Kier alpha value is -3.78. The highest BCUT2D eigenvalue weighted by atomic mass is 16.5. The van der Waals surface area contributed by atoms with Crippen LogP contribution in [0.5, 0.6) is 11.5 Å². The molecule has 0 aliphatic carbocycles. The normalized spacial score (nSPS) is 11.1. The molecule has 140 valence electrons. The molecule has 0 saturated heterocycles. The van der Waals surface area contributed by atoms with Crippen molar-refractivity contribution in [3.8, 4) is 17.6 Å². The number of H-pyrrole nitrogens is 1. The Morgan fingerprint density at radius 1 is 1.25 bits per heavy atom. The van der Waals surface area contributed by atoms with Crippen molar-refractivity contribution in [1.29, 1.82) is 5.26 Å². The summed E-state index contributed by atoms with van der Waals surface area (Å²) < 4.78 is 10.9. The number of carbonyl (C=O) groups is 1. The summed E-state index contributed by atoms with van der Waals surface area (Å²) in [7, 11) is 1.54. The van der Waals surface area contributed by atoms with Crippen LogP contribution in [0.2, 0.25) is 0 Å². The number of aromatic nitrogens is 1. The molecule has 0 saturated carbocycles. The summed E-state index contributed by atoms with van der Waals surface area (Å²) in [5.41, 5.74) is 2.84. The van der Waals surface area contributed by atoms with Gasteiger partial charge >= 0.3 is 0 Å². The number of nitrogens with one attached hydrogen (secondary N) is 1. The minimum absolute atomic E-state index is 0.0506. The van der Waals surface area contributed by atoms with Crippen LogP contribution in [0.15, 0.2) is 60.7 Å². The van der Waals surface area contributed by atoms with E-state index in [0.717, 1.165) is 16.6 Å². The van der Waals surface area contributed by atoms with Crippen LogP contribution < -0.4 is 9.47 Å². The van der Waals surface area contributed by atoms with E-state index in [2.05, 4.69) is 11.6 Å². The standard InChI is InChI=1S/C23H20N2O3/c1-4-11-28-20-10-9-16(13-21(20)27-3)12-17(14-24)23(26)22-15(2)25-19-8-6-5-7-18(19)22/h4-10,12-13,25H,1,11H2,2-3H3/b17-12+. The van der Waals surface area contributed by atoms with Crippen LogP contribution in [0, 0.1) is 18.3 Å². The smallest absolute Gasteiger partial charge is 0.205 e. The molecule has 0 radical (unpaired) electrons. The fourth-order valence-electron chi connectivity index (χ4n) is 3.06. The summed E-state index contributed by atoms with van der Waals surface area (Å²) in [4.78, 5) is 16.3. The minimum atomic E-state index is -0.316. The van der Waals surface area contributed by atoms with Crippen LogP contribution in [-0.4, -0.2) is 24.5 Å². The van der Waals surface area contributed by atoms with Crippen molar-refractivity contribution in [2.24, 2.45) is 0 Å². The number of aromatic amines is 1. The molecule has 5 heteroatoms. The van der Waals surface area contributed by atoms with Gasteiger partial charge in [-0.3, -0.25) is 4.79 Å². The van der Waals surface area contributed by atoms with Crippen molar-refractivity contribution < 1.29 is 14.3 Å². The number of ether oxygens (including phenoxy) is 2. The second-order valence-corrected chi connectivity index (χ2v) is 6.18. The highest BCUT2D eigenvalue weighted by molar-refractivity contribution is 6.20. The Labute approximate surface area is 163 Å². The van der Waals surface area contributed by atoms with E-state index in [0.29, 0.717) is 29.2 Å². The zero-order valence-corrected chi connectivity index (χ0v) is 15.8. The van der Waals surface area contributed by atoms with Gasteiger partial charge in [0.05, 0.1) is 12.7 Å². The van der Waals surface area contributed by atoms with Gasteiger partial charge in [-0.1, -0.05) is 36.9 Å². The first-order valence-electron chi connectivity index (χ1n) is 8.74. The summed E-state index contributed by atoms with van der Waals surface area (Å²) in [6.45, 7) is 5.81. The molecule has 3 aromatic rings. The van der Waals surface area contributed by atoms with Gasteiger partial charge in [-0.05, 0) is 36.8 Å². The number of Topliss-reactive ketones (excluding diaryl/α,β-unsaturated/α-hetero) is 1. The van der Waals surface area contributed by atoms with E-state index in [-0.39, 0.29) is 11.4 Å². The molecule has 0 atom stereocenters. The largest absolute Gasteiger partial charge is 0.493 e. The summed E-state index contributed by atoms with van der Waals surface area (Å²) in [5, 5.41) is 10.4. The van der Waals surface area contributed by atoms with Crippen molar-refractivity contribution in [2.45, 2.75) is 6.92 Å². The average Bonchev–Trinajstić information content (AvgIpc) is 3.05. The van der Waals surface area contributed by atoms with Gasteiger partial charge in [-0.25, -0.2) is 0 Å². The Balaban J connectivity index is 2.00. The topological polar surface area (TPSA) is 75.1 Å². The lowest BCUT2D eigenvalue weighted by molar-refractivity contribution is 0.104. The molecule has 1 aromatic heterocycles. The van der Waals surface area contributed by atoms with Crippen molar-refractivity contribution in [3.05, 3.63) is 77.5 Å². The lowest BCUT2D eigenvalue weighted by Gasteiger charge is -2.10. The van der Waals surface area contributed by atoms with Gasteiger partial charge in [0.25, 0.3) is 0 Å². The molecular formula is C23H20N2O3. The van der Waals surface area contributed by atoms with E-state index in [1.54, 1.807) is 30.4 Å². The Kier molecular flexibility index (Phi) is 5.61. The van der Waals surface area contributed by atoms with Gasteiger partial charge in [0.15, 0.2) is 11.5 Å². The quantitative estimate of drug-likeness (QED) is 0.279. The second kappa shape index (κ2) is 8.28. The summed E-state index contributed by atoms with van der Waals surface area (Å²) in [6.07, 6.45) is 3.20. The van der Waals surface area contributed by atoms with E-state index >= 15 is 0 Å². The molecule has 0 aliphatic heterocycles. The number of fused-ring (bicyclic) bond motifs is 1. The average molecular weight is 372 g/mol. The maximum atomic E-state index is 13.1. The highest BCUT2D eigenvalue weighted by Crippen LogP contribution is 2.30. The molecule has 5 nitrogen and oxygen atoms in total. The molecule has 1 heterocycles. The van der Waals surface area contributed by atoms with Crippen LogP contribution in [0.3, 0.4) is 0 Å². The number of hydrogen-bond acceptors (Lipinski definition) is 4. The second-order valence-electron chi connectivity index (χ2n) is 6.18. The lowest BCUT2D eigenvalue weighted by Crippen LogP contribution is -2.03. The number of aryl methyl sites for hydroxylation is 1. The molecule has 2 aromatic carbocycles. The number of nitrogens with zero attached hydrogens (tertiary/aromatic N) is 1. The fraction of sp³-hybridized carbons (Fsp3) is 0.130. The lowest BCUT2D eigenvalue weighted by atomic mass is 9.99. The molecule has 0 unspecified atom stereocenters. The van der Waals surface area contributed by atoms with Gasteiger partial charge in [0.2, 0.25) is 5.78 Å². The number of para-hydroxylation sites is 1. The first-order valence-corrected chi connectivity index (χ1v) is 8.74. The Morgan fingerprint density at radius 2 is 2.04 bits per heavy atom. The number of hydrogen-bond donors (Lipinski definition) is 1. The number of carbonyl (C=O) groups excluding carboxylic acids is 1. The Bertz CT molecular complexity index is 1120. The number of methoxy groups -OCH3 is 1. The third-order valence-corrected chi connectivity index (χ3v) is 4.34. The van der Waals surface area contributed by atoms with E-state index in [4.69, 9.17) is 9.47 Å². The first-order chi connectivity index (χ1) is 13.6. The maximum Gasteiger partial charge on any atom is 0.205 e. The minimum Gasteiger partial charge on any atom is -0.493 e. The molecule has 0 fully saturated rings. The number of benzene rings is 2. The maximum absolute atomic E-state index is 13.1. The van der Waals surface area contributed by atoms with Gasteiger partial charge in [-0.15, -0.1) is 0 Å². The van der Waals surface area contributed by atoms with Crippen LogP contribution in [-0.2, 0) is 0 Å². The van der Waals surface area contributed by atoms with E-state index in [1.165, 1.54) is 7.11 Å². The van der Waals surface area contributed by atoms with Crippen molar-refractivity contribution in [1.82, 2.24) is 4.98 Å². The zero-order chi connectivity index (χ0) is 20.1. The molecular weight excluding hydrogens is 352 g/mol. The summed E-state index contributed by atoms with van der Waals surface area (Å²) >= 11 is 0. The number of nitriles is 1. The van der Waals surface area contributed by atoms with Gasteiger partial charge in [0.1, 0.15) is 18.2 Å². The number of rotatable bonds is 7. The summed E-state index contributed by atoms with van der Waals surface area (Å²) in [5.74, 6) is 0.767. The van der Waals surface area contributed by atoms with Crippen molar-refractivity contribution >= 4 is 22.8 Å². The predicted octanol–water partition coefficient (Wildman–Crippen LogP) is 4.84. The molecule has 0 spiro atoms. The van der Waals surface area contributed by atoms with Crippen LogP contribution in [0.25, 0.3) is 17.0 Å². The van der Waals surface area contributed by atoms with E-state index < -0.39 is 0 Å². The molecule has 0 bridgehead atoms. The van der Waals surface area contributed by atoms with E-state index in [1.807, 2.05) is 37.3 Å². The third kappa shape index (κ3) is 3.67.